The fourth-order valence-electron chi connectivity index (χ4n) is 4.11. The van der Waals surface area contributed by atoms with E-state index in [4.69, 9.17) is 16.3 Å². The molecular formula is C26H18ClN3O2S. The summed E-state index contributed by atoms with van der Waals surface area (Å²) >= 11 is 7.45. The van der Waals surface area contributed by atoms with E-state index in [1.807, 2.05) is 48.5 Å². The van der Waals surface area contributed by atoms with E-state index in [1.165, 1.54) is 27.7 Å². The van der Waals surface area contributed by atoms with Gasteiger partial charge in [0.25, 0.3) is 5.91 Å². The average molecular weight is 472 g/mol. The SMILES string of the molecule is O=C(Nc1nc2ccc(Cl)cc2s1)c1ccc(N2COc3ccc4ccccc4c3C2)cc1. The molecule has 162 valence electrons. The number of fused-ring (bicyclic) bond motifs is 4. The Kier molecular flexibility index (Phi) is 4.89. The second-order valence-electron chi connectivity index (χ2n) is 7.87. The van der Waals surface area contributed by atoms with Crippen LogP contribution >= 0.6 is 22.9 Å². The molecule has 33 heavy (non-hydrogen) atoms. The molecular weight excluding hydrogens is 454 g/mol. The fraction of sp³-hybridized carbons (Fsp3) is 0.0769. The van der Waals surface area contributed by atoms with Crippen molar-refractivity contribution in [1.29, 1.82) is 0 Å². The lowest BCUT2D eigenvalue weighted by Crippen LogP contribution is -2.32. The number of anilines is 2. The van der Waals surface area contributed by atoms with Crippen LogP contribution < -0.4 is 15.0 Å². The Balaban J connectivity index is 1.20. The van der Waals surface area contributed by atoms with Gasteiger partial charge in [0, 0.05) is 21.8 Å². The average Bonchev–Trinajstić information content (AvgIpc) is 3.25. The molecule has 1 aliphatic rings. The van der Waals surface area contributed by atoms with Gasteiger partial charge in [0.2, 0.25) is 0 Å². The summed E-state index contributed by atoms with van der Waals surface area (Å²) in [5, 5.41) is 6.49. The third kappa shape index (κ3) is 3.77. The summed E-state index contributed by atoms with van der Waals surface area (Å²) in [6, 6.07) is 25.5. The molecule has 0 saturated heterocycles. The first-order valence-corrected chi connectivity index (χ1v) is 11.7. The Hall–Kier alpha value is -3.61. The van der Waals surface area contributed by atoms with E-state index in [9.17, 15) is 4.79 Å². The maximum atomic E-state index is 12.7. The minimum absolute atomic E-state index is 0.196. The van der Waals surface area contributed by atoms with Crippen molar-refractivity contribution in [2.24, 2.45) is 0 Å². The van der Waals surface area contributed by atoms with E-state index in [2.05, 4.69) is 39.5 Å². The van der Waals surface area contributed by atoms with Gasteiger partial charge in [0.05, 0.1) is 16.8 Å². The summed E-state index contributed by atoms with van der Waals surface area (Å²) in [5.74, 6) is 0.732. The maximum absolute atomic E-state index is 12.7. The van der Waals surface area contributed by atoms with Crippen molar-refractivity contribution in [2.75, 3.05) is 16.9 Å². The number of nitrogens with one attached hydrogen (secondary N) is 1. The van der Waals surface area contributed by atoms with Crippen LogP contribution in [0, 0.1) is 0 Å². The summed E-state index contributed by atoms with van der Waals surface area (Å²) in [4.78, 5) is 19.4. The Bertz CT molecular complexity index is 1510. The lowest BCUT2D eigenvalue weighted by Gasteiger charge is -2.31. The summed E-state index contributed by atoms with van der Waals surface area (Å²) < 4.78 is 6.96. The van der Waals surface area contributed by atoms with E-state index in [0.717, 1.165) is 28.2 Å². The number of hydrogen-bond donors (Lipinski definition) is 1. The maximum Gasteiger partial charge on any atom is 0.257 e. The number of carbonyl (C=O) groups excluding carboxylic acids is 1. The first-order chi connectivity index (χ1) is 16.1. The van der Waals surface area contributed by atoms with Crippen molar-refractivity contribution in [3.05, 3.63) is 95.0 Å². The molecule has 1 amide bonds. The van der Waals surface area contributed by atoms with Crippen LogP contribution in [0.25, 0.3) is 21.0 Å². The van der Waals surface area contributed by atoms with Crippen LogP contribution in [0.3, 0.4) is 0 Å². The molecule has 2 heterocycles. The van der Waals surface area contributed by atoms with Gasteiger partial charge >= 0.3 is 0 Å². The largest absolute Gasteiger partial charge is 0.473 e. The summed E-state index contributed by atoms with van der Waals surface area (Å²) in [6.45, 7) is 1.21. The van der Waals surface area contributed by atoms with Gasteiger partial charge in [-0.25, -0.2) is 4.98 Å². The zero-order valence-corrected chi connectivity index (χ0v) is 19.0. The zero-order chi connectivity index (χ0) is 22.4. The first kappa shape index (κ1) is 20.0. The number of nitrogens with zero attached hydrogens (tertiary/aromatic N) is 2. The van der Waals surface area contributed by atoms with Crippen LogP contribution in [0.1, 0.15) is 15.9 Å². The van der Waals surface area contributed by atoms with Gasteiger partial charge in [0.1, 0.15) is 5.75 Å². The van der Waals surface area contributed by atoms with Crippen LogP contribution in [-0.4, -0.2) is 17.6 Å². The molecule has 5 nitrogen and oxygen atoms in total. The minimum atomic E-state index is -0.196. The number of halogens is 1. The highest BCUT2D eigenvalue weighted by Crippen LogP contribution is 2.34. The number of rotatable bonds is 3. The molecule has 5 aromatic rings. The molecule has 0 radical (unpaired) electrons. The van der Waals surface area contributed by atoms with Crippen molar-refractivity contribution in [3.8, 4) is 5.75 Å². The lowest BCUT2D eigenvalue weighted by molar-refractivity contribution is 0.102. The first-order valence-electron chi connectivity index (χ1n) is 10.5. The normalized spacial score (nSPS) is 13.1. The molecule has 0 aliphatic carbocycles. The summed E-state index contributed by atoms with van der Waals surface area (Å²) in [6.07, 6.45) is 0. The van der Waals surface area contributed by atoms with E-state index >= 15 is 0 Å². The summed E-state index contributed by atoms with van der Waals surface area (Å²) in [7, 11) is 0. The fourth-order valence-corrected chi connectivity index (χ4v) is 5.25. The van der Waals surface area contributed by atoms with Crippen LogP contribution in [0.5, 0.6) is 5.75 Å². The zero-order valence-electron chi connectivity index (χ0n) is 17.4. The molecule has 0 unspecified atom stereocenters. The molecule has 4 aromatic carbocycles. The molecule has 0 atom stereocenters. The van der Waals surface area contributed by atoms with Crippen LogP contribution in [0.15, 0.2) is 78.9 Å². The Morgan fingerprint density at radius 2 is 1.88 bits per heavy atom. The smallest absolute Gasteiger partial charge is 0.257 e. The van der Waals surface area contributed by atoms with Gasteiger partial charge in [-0.2, -0.15) is 0 Å². The van der Waals surface area contributed by atoms with Gasteiger partial charge in [-0.3, -0.25) is 10.1 Å². The van der Waals surface area contributed by atoms with Gasteiger partial charge < -0.3 is 9.64 Å². The lowest BCUT2D eigenvalue weighted by atomic mass is 10.0. The molecule has 0 fully saturated rings. The van der Waals surface area contributed by atoms with E-state index in [1.54, 1.807) is 6.07 Å². The Labute approximate surface area is 199 Å². The van der Waals surface area contributed by atoms with Gasteiger partial charge in [-0.1, -0.05) is 53.3 Å². The van der Waals surface area contributed by atoms with Crippen molar-refractivity contribution < 1.29 is 9.53 Å². The molecule has 0 saturated carbocycles. The monoisotopic (exact) mass is 471 g/mol. The Morgan fingerprint density at radius 3 is 2.76 bits per heavy atom. The van der Waals surface area contributed by atoms with Gasteiger partial charge in [-0.05, 0) is 59.3 Å². The number of hydrogen-bond acceptors (Lipinski definition) is 5. The van der Waals surface area contributed by atoms with Gasteiger partial charge in [-0.15, -0.1) is 0 Å². The molecule has 0 spiro atoms. The molecule has 1 aliphatic heterocycles. The van der Waals surface area contributed by atoms with E-state index < -0.39 is 0 Å². The van der Waals surface area contributed by atoms with E-state index in [0.29, 0.717) is 22.4 Å². The second kappa shape index (κ2) is 8.06. The standard InChI is InChI=1S/C26H18ClN3O2S/c27-18-8-11-22-24(13-18)33-26(28-22)29-25(31)17-5-9-19(10-6-17)30-14-21-20-4-2-1-3-16(20)7-12-23(21)32-15-30/h1-13H,14-15H2,(H,28,29,31). The number of thiazole rings is 1. The quantitative estimate of drug-likeness (QED) is 0.317. The molecule has 1 aromatic heterocycles. The predicted molar refractivity (Wildman–Crippen MR) is 135 cm³/mol. The number of carbonyl (C=O) groups is 1. The molecule has 6 rings (SSSR count). The number of ether oxygens (including phenoxy) is 1. The van der Waals surface area contributed by atoms with Crippen molar-refractivity contribution >= 4 is 60.7 Å². The molecule has 1 N–H and O–H groups in total. The Morgan fingerprint density at radius 1 is 1.03 bits per heavy atom. The third-order valence-corrected chi connectivity index (χ3v) is 6.96. The van der Waals surface area contributed by atoms with Crippen molar-refractivity contribution in [2.45, 2.75) is 6.54 Å². The number of aromatic nitrogens is 1. The van der Waals surface area contributed by atoms with E-state index in [-0.39, 0.29) is 5.91 Å². The second-order valence-corrected chi connectivity index (χ2v) is 9.33. The number of benzene rings is 4. The molecule has 0 bridgehead atoms. The van der Waals surface area contributed by atoms with Crippen molar-refractivity contribution in [3.63, 3.8) is 0 Å². The van der Waals surface area contributed by atoms with Crippen LogP contribution in [0.4, 0.5) is 10.8 Å². The third-order valence-electron chi connectivity index (χ3n) is 5.79. The summed E-state index contributed by atoms with van der Waals surface area (Å²) in [5.41, 5.74) is 3.56. The van der Waals surface area contributed by atoms with Gasteiger partial charge in [0.15, 0.2) is 11.9 Å². The van der Waals surface area contributed by atoms with Crippen molar-refractivity contribution in [1.82, 2.24) is 4.98 Å². The van der Waals surface area contributed by atoms with Crippen LogP contribution in [-0.2, 0) is 6.54 Å². The molecule has 7 heteroatoms. The minimum Gasteiger partial charge on any atom is -0.473 e. The van der Waals surface area contributed by atoms with Crippen LogP contribution in [0.2, 0.25) is 5.02 Å². The topological polar surface area (TPSA) is 54.5 Å². The predicted octanol–water partition coefficient (Wildman–Crippen LogP) is 6.71. The highest BCUT2D eigenvalue weighted by Gasteiger charge is 2.20. The number of amides is 1. The highest BCUT2D eigenvalue weighted by atomic mass is 35.5. The highest BCUT2D eigenvalue weighted by molar-refractivity contribution is 7.22.